The SMILES string of the molecule is Cc1ncsc1CCNC(=O)c1ccc2nc(Cc3ccccc3F)oc2c1. The van der Waals surface area contributed by atoms with Crippen molar-refractivity contribution < 1.29 is 13.6 Å². The number of aryl methyl sites for hydroxylation is 1. The molecular weight excluding hydrogens is 377 g/mol. The van der Waals surface area contributed by atoms with Crippen LogP contribution < -0.4 is 5.32 Å². The van der Waals surface area contributed by atoms with Crippen molar-refractivity contribution in [2.24, 2.45) is 0 Å². The lowest BCUT2D eigenvalue weighted by Crippen LogP contribution is -2.25. The highest BCUT2D eigenvalue weighted by Crippen LogP contribution is 2.20. The molecule has 0 saturated heterocycles. The highest BCUT2D eigenvalue weighted by molar-refractivity contribution is 7.09. The number of benzene rings is 2. The normalized spacial score (nSPS) is 11.1. The fourth-order valence-corrected chi connectivity index (χ4v) is 3.73. The Hall–Kier alpha value is -3.06. The number of halogens is 1. The summed E-state index contributed by atoms with van der Waals surface area (Å²) in [5.41, 5.74) is 4.99. The molecule has 2 aromatic heterocycles. The van der Waals surface area contributed by atoms with Gasteiger partial charge in [0.25, 0.3) is 5.91 Å². The second-order valence-corrected chi connectivity index (χ2v) is 7.36. The van der Waals surface area contributed by atoms with Crippen LogP contribution in [0.2, 0.25) is 0 Å². The van der Waals surface area contributed by atoms with E-state index >= 15 is 0 Å². The molecule has 1 N–H and O–H groups in total. The van der Waals surface area contributed by atoms with Gasteiger partial charge in [0.05, 0.1) is 17.6 Å². The van der Waals surface area contributed by atoms with Crippen LogP contribution in [0.25, 0.3) is 11.1 Å². The first-order valence-corrected chi connectivity index (χ1v) is 9.78. The smallest absolute Gasteiger partial charge is 0.251 e. The zero-order valence-corrected chi connectivity index (χ0v) is 16.1. The monoisotopic (exact) mass is 395 g/mol. The summed E-state index contributed by atoms with van der Waals surface area (Å²) < 4.78 is 19.6. The van der Waals surface area contributed by atoms with Gasteiger partial charge in [-0.1, -0.05) is 18.2 Å². The Morgan fingerprint density at radius 1 is 1.25 bits per heavy atom. The second kappa shape index (κ2) is 7.90. The van der Waals surface area contributed by atoms with Gasteiger partial charge in [0.2, 0.25) is 0 Å². The van der Waals surface area contributed by atoms with Crippen LogP contribution in [-0.4, -0.2) is 22.4 Å². The maximum Gasteiger partial charge on any atom is 0.251 e. The highest BCUT2D eigenvalue weighted by atomic mass is 32.1. The molecule has 0 saturated carbocycles. The van der Waals surface area contributed by atoms with Gasteiger partial charge in [0, 0.05) is 23.4 Å². The number of nitrogens with zero attached hydrogens (tertiary/aromatic N) is 2. The number of thiazole rings is 1. The van der Waals surface area contributed by atoms with E-state index in [0.717, 1.165) is 12.1 Å². The summed E-state index contributed by atoms with van der Waals surface area (Å²) in [5, 5.41) is 2.91. The second-order valence-electron chi connectivity index (χ2n) is 6.43. The highest BCUT2D eigenvalue weighted by Gasteiger charge is 2.13. The lowest BCUT2D eigenvalue weighted by molar-refractivity contribution is 0.0954. The van der Waals surface area contributed by atoms with Crippen LogP contribution in [-0.2, 0) is 12.8 Å². The van der Waals surface area contributed by atoms with Crippen LogP contribution in [0.15, 0.2) is 52.4 Å². The Kier molecular flexibility index (Phi) is 5.16. The van der Waals surface area contributed by atoms with E-state index in [2.05, 4.69) is 15.3 Å². The molecule has 0 unspecified atom stereocenters. The number of hydrogen-bond acceptors (Lipinski definition) is 5. The number of nitrogens with one attached hydrogen (secondary N) is 1. The standard InChI is InChI=1S/C21H18FN3O2S/c1-13-19(28-12-24-13)8-9-23-21(26)15-6-7-17-18(10-15)27-20(25-17)11-14-4-2-3-5-16(14)22/h2-7,10,12H,8-9,11H2,1H3,(H,23,26). The number of amides is 1. The molecule has 2 heterocycles. The maximum atomic E-state index is 13.8. The molecule has 1 amide bonds. The number of carbonyl (C=O) groups excluding carboxylic acids is 1. The minimum atomic E-state index is -0.291. The van der Waals surface area contributed by atoms with E-state index in [1.165, 1.54) is 10.9 Å². The van der Waals surface area contributed by atoms with Gasteiger partial charge in [-0.2, -0.15) is 0 Å². The summed E-state index contributed by atoms with van der Waals surface area (Å²) in [7, 11) is 0. The summed E-state index contributed by atoms with van der Waals surface area (Å²) in [6, 6.07) is 11.7. The Balaban J connectivity index is 1.44. The molecule has 2 aromatic carbocycles. The van der Waals surface area contributed by atoms with Gasteiger partial charge in [-0.15, -0.1) is 11.3 Å². The number of fused-ring (bicyclic) bond motifs is 1. The first kappa shape index (κ1) is 18.3. The molecule has 0 atom stereocenters. The van der Waals surface area contributed by atoms with Crippen molar-refractivity contribution in [3.63, 3.8) is 0 Å². The van der Waals surface area contributed by atoms with E-state index < -0.39 is 0 Å². The third kappa shape index (κ3) is 3.94. The number of oxazole rings is 1. The van der Waals surface area contributed by atoms with Crippen LogP contribution in [0.4, 0.5) is 4.39 Å². The summed E-state index contributed by atoms with van der Waals surface area (Å²) >= 11 is 1.59. The van der Waals surface area contributed by atoms with Gasteiger partial charge in [-0.25, -0.2) is 14.4 Å². The Morgan fingerprint density at radius 3 is 2.89 bits per heavy atom. The molecule has 7 heteroatoms. The third-order valence-electron chi connectivity index (χ3n) is 4.48. The van der Waals surface area contributed by atoms with Crippen molar-refractivity contribution in [1.82, 2.24) is 15.3 Å². The zero-order chi connectivity index (χ0) is 19.5. The zero-order valence-electron chi connectivity index (χ0n) is 15.2. The average molecular weight is 395 g/mol. The summed E-state index contributed by atoms with van der Waals surface area (Å²) in [6.07, 6.45) is 1.01. The molecule has 4 rings (SSSR count). The Labute approximate surface area is 165 Å². The van der Waals surface area contributed by atoms with Crippen LogP contribution in [0, 0.1) is 12.7 Å². The molecule has 0 bridgehead atoms. The van der Waals surface area contributed by atoms with Gasteiger partial charge >= 0.3 is 0 Å². The Bertz CT molecular complexity index is 1140. The molecule has 0 spiro atoms. The Morgan fingerprint density at radius 2 is 2.11 bits per heavy atom. The summed E-state index contributed by atoms with van der Waals surface area (Å²) in [4.78, 5) is 22.2. The first-order chi connectivity index (χ1) is 13.6. The van der Waals surface area contributed by atoms with Gasteiger partial charge in [0.15, 0.2) is 11.5 Å². The minimum absolute atomic E-state index is 0.170. The quantitative estimate of drug-likeness (QED) is 0.529. The number of aromatic nitrogens is 2. The van der Waals surface area contributed by atoms with Crippen molar-refractivity contribution in [2.45, 2.75) is 19.8 Å². The van der Waals surface area contributed by atoms with Crippen LogP contribution in [0.1, 0.15) is 32.4 Å². The molecule has 4 aromatic rings. The van der Waals surface area contributed by atoms with E-state index in [9.17, 15) is 9.18 Å². The van der Waals surface area contributed by atoms with Crippen molar-refractivity contribution in [3.8, 4) is 0 Å². The van der Waals surface area contributed by atoms with Crippen molar-refractivity contribution in [3.05, 3.63) is 81.4 Å². The van der Waals surface area contributed by atoms with E-state index in [1.807, 2.05) is 12.4 Å². The van der Waals surface area contributed by atoms with Crippen molar-refractivity contribution >= 4 is 28.3 Å². The topological polar surface area (TPSA) is 68.0 Å². The lowest BCUT2D eigenvalue weighted by atomic mass is 10.1. The molecule has 0 fully saturated rings. The average Bonchev–Trinajstić information content (AvgIpc) is 3.28. The maximum absolute atomic E-state index is 13.8. The lowest BCUT2D eigenvalue weighted by Gasteiger charge is -2.04. The van der Waals surface area contributed by atoms with Crippen LogP contribution in [0.3, 0.4) is 0 Å². The largest absolute Gasteiger partial charge is 0.440 e. The predicted molar refractivity (Wildman–Crippen MR) is 106 cm³/mol. The number of hydrogen-bond donors (Lipinski definition) is 1. The van der Waals surface area contributed by atoms with Crippen molar-refractivity contribution in [2.75, 3.05) is 6.54 Å². The third-order valence-corrected chi connectivity index (χ3v) is 5.47. The molecule has 0 aliphatic rings. The molecule has 5 nitrogen and oxygen atoms in total. The van der Waals surface area contributed by atoms with Gasteiger partial charge in [-0.3, -0.25) is 4.79 Å². The molecule has 0 radical (unpaired) electrons. The summed E-state index contributed by atoms with van der Waals surface area (Å²) in [5.74, 6) is -0.0459. The summed E-state index contributed by atoms with van der Waals surface area (Å²) in [6.45, 7) is 2.50. The predicted octanol–water partition coefficient (Wildman–Crippen LogP) is 4.30. The van der Waals surface area contributed by atoms with Gasteiger partial charge in [0.1, 0.15) is 11.3 Å². The molecular formula is C21H18FN3O2S. The number of rotatable bonds is 6. The molecule has 0 aliphatic carbocycles. The van der Waals surface area contributed by atoms with Gasteiger partial charge in [-0.05, 0) is 36.8 Å². The molecule has 28 heavy (non-hydrogen) atoms. The van der Waals surface area contributed by atoms with Crippen LogP contribution >= 0.6 is 11.3 Å². The fraction of sp³-hybridized carbons (Fsp3) is 0.190. The fourth-order valence-electron chi connectivity index (χ4n) is 2.95. The van der Waals surface area contributed by atoms with E-state index in [-0.39, 0.29) is 18.1 Å². The molecule has 0 aliphatic heterocycles. The van der Waals surface area contributed by atoms with E-state index in [1.54, 1.807) is 47.7 Å². The number of carbonyl (C=O) groups is 1. The van der Waals surface area contributed by atoms with E-state index in [0.29, 0.717) is 34.7 Å². The van der Waals surface area contributed by atoms with Crippen LogP contribution in [0.5, 0.6) is 0 Å². The molecule has 142 valence electrons. The minimum Gasteiger partial charge on any atom is -0.440 e. The van der Waals surface area contributed by atoms with E-state index in [4.69, 9.17) is 4.42 Å². The van der Waals surface area contributed by atoms with Crippen molar-refractivity contribution in [1.29, 1.82) is 0 Å². The first-order valence-electron chi connectivity index (χ1n) is 8.90. The van der Waals surface area contributed by atoms with Gasteiger partial charge < -0.3 is 9.73 Å².